The first-order valence-electron chi connectivity index (χ1n) is 9.74. The van der Waals surface area contributed by atoms with Crippen LogP contribution < -0.4 is 5.32 Å². The van der Waals surface area contributed by atoms with Gasteiger partial charge in [-0.05, 0) is 56.1 Å². The van der Waals surface area contributed by atoms with Gasteiger partial charge in [-0.15, -0.1) is 11.3 Å². The van der Waals surface area contributed by atoms with Gasteiger partial charge in [0.1, 0.15) is 5.76 Å². The summed E-state index contributed by atoms with van der Waals surface area (Å²) in [6.45, 7) is 5.88. The van der Waals surface area contributed by atoms with Crippen molar-refractivity contribution in [2.24, 2.45) is 0 Å². The standard InChI is InChI=1S/C22H25N3O2S/c1-16-4-9-20(27-16)22-24-19(15-28-22)12-21(26)23-13-17-5-7-18(8-6-17)14-25-10-2-3-11-25/h4-9,15H,2-3,10-14H2,1H3,(H,23,26). The molecule has 1 amide bonds. The number of amides is 1. The largest absolute Gasteiger partial charge is 0.459 e. The van der Waals surface area contributed by atoms with Crippen molar-refractivity contribution >= 4 is 17.2 Å². The smallest absolute Gasteiger partial charge is 0.226 e. The second-order valence-corrected chi connectivity index (χ2v) is 8.17. The Morgan fingerprint density at radius 1 is 1.14 bits per heavy atom. The van der Waals surface area contributed by atoms with Crippen LogP contribution in [0.15, 0.2) is 46.2 Å². The van der Waals surface area contributed by atoms with Crippen molar-refractivity contribution in [1.29, 1.82) is 0 Å². The summed E-state index contributed by atoms with van der Waals surface area (Å²) in [5.74, 6) is 1.59. The SMILES string of the molecule is Cc1ccc(-c2nc(CC(=O)NCc3ccc(CN4CCCC4)cc3)cs2)o1. The predicted octanol–water partition coefficient (Wildman–Crippen LogP) is 4.17. The quantitative estimate of drug-likeness (QED) is 0.652. The van der Waals surface area contributed by atoms with Crippen molar-refractivity contribution in [3.63, 3.8) is 0 Å². The number of hydrogen-bond donors (Lipinski definition) is 1. The van der Waals surface area contributed by atoms with Crippen LogP contribution in [0, 0.1) is 6.92 Å². The van der Waals surface area contributed by atoms with Gasteiger partial charge in [-0.25, -0.2) is 4.98 Å². The highest BCUT2D eigenvalue weighted by atomic mass is 32.1. The number of thiazole rings is 1. The average molecular weight is 396 g/mol. The molecule has 5 nitrogen and oxygen atoms in total. The molecule has 146 valence electrons. The summed E-state index contributed by atoms with van der Waals surface area (Å²) in [6.07, 6.45) is 2.90. The highest BCUT2D eigenvalue weighted by Crippen LogP contribution is 2.25. The lowest BCUT2D eigenvalue weighted by atomic mass is 10.1. The van der Waals surface area contributed by atoms with Gasteiger partial charge in [0.25, 0.3) is 0 Å². The van der Waals surface area contributed by atoms with E-state index in [1.54, 1.807) is 0 Å². The zero-order valence-corrected chi connectivity index (χ0v) is 16.9. The van der Waals surface area contributed by atoms with E-state index in [1.807, 2.05) is 24.4 Å². The molecule has 2 aromatic heterocycles. The maximum absolute atomic E-state index is 12.3. The summed E-state index contributed by atoms with van der Waals surface area (Å²) in [6, 6.07) is 12.4. The number of hydrogen-bond acceptors (Lipinski definition) is 5. The lowest BCUT2D eigenvalue weighted by Gasteiger charge is -2.14. The van der Waals surface area contributed by atoms with Gasteiger partial charge in [-0.3, -0.25) is 9.69 Å². The van der Waals surface area contributed by atoms with Crippen molar-refractivity contribution in [3.8, 4) is 10.8 Å². The highest BCUT2D eigenvalue weighted by molar-refractivity contribution is 7.13. The topological polar surface area (TPSA) is 58.4 Å². The van der Waals surface area contributed by atoms with Crippen LogP contribution in [-0.4, -0.2) is 28.9 Å². The zero-order chi connectivity index (χ0) is 19.3. The van der Waals surface area contributed by atoms with Crippen LogP contribution in [-0.2, 0) is 24.3 Å². The number of aromatic nitrogens is 1. The Bertz CT molecular complexity index is 923. The van der Waals surface area contributed by atoms with Crippen molar-refractivity contribution in [2.75, 3.05) is 13.1 Å². The molecule has 4 rings (SSSR count). The molecule has 0 unspecified atom stereocenters. The molecule has 1 aliphatic heterocycles. The zero-order valence-electron chi connectivity index (χ0n) is 16.1. The van der Waals surface area contributed by atoms with Crippen molar-refractivity contribution in [3.05, 3.63) is 64.4 Å². The molecule has 0 atom stereocenters. The van der Waals surface area contributed by atoms with Gasteiger partial charge in [0.15, 0.2) is 10.8 Å². The van der Waals surface area contributed by atoms with Crippen molar-refractivity contribution in [2.45, 2.75) is 39.3 Å². The molecule has 1 aliphatic rings. The lowest BCUT2D eigenvalue weighted by molar-refractivity contribution is -0.120. The Kier molecular flexibility index (Phi) is 5.88. The number of carbonyl (C=O) groups is 1. The number of aryl methyl sites for hydroxylation is 1. The fourth-order valence-corrected chi connectivity index (χ4v) is 4.22. The monoisotopic (exact) mass is 395 g/mol. The number of nitrogens with zero attached hydrogens (tertiary/aromatic N) is 2. The molecule has 1 aromatic carbocycles. The maximum Gasteiger partial charge on any atom is 0.226 e. The van der Waals surface area contributed by atoms with Gasteiger partial charge in [0, 0.05) is 18.5 Å². The van der Waals surface area contributed by atoms with E-state index in [9.17, 15) is 4.79 Å². The van der Waals surface area contributed by atoms with Crippen LogP contribution in [0.5, 0.6) is 0 Å². The summed E-state index contributed by atoms with van der Waals surface area (Å²) >= 11 is 1.50. The predicted molar refractivity (Wildman–Crippen MR) is 111 cm³/mol. The van der Waals surface area contributed by atoms with Gasteiger partial charge >= 0.3 is 0 Å². The third-order valence-electron chi connectivity index (χ3n) is 4.96. The summed E-state index contributed by atoms with van der Waals surface area (Å²) in [5, 5.41) is 5.71. The highest BCUT2D eigenvalue weighted by Gasteiger charge is 2.12. The number of benzene rings is 1. The Labute approximate surface area is 169 Å². The van der Waals surface area contributed by atoms with Crippen LogP contribution in [0.2, 0.25) is 0 Å². The maximum atomic E-state index is 12.3. The molecule has 6 heteroatoms. The molecule has 1 fully saturated rings. The first-order valence-corrected chi connectivity index (χ1v) is 10.6. The van der Waals surface area contributed by atoms with Crippen LogP contribution >= 0.6 is 11.3 Å². The van der Waals surface area contributed by atoms with Gasteiger partial charge in [0.2, 0.25) is 5.91 Å². The molecule has 0 radical (unpaired) electrons. The fraction of sp³-hybridized carbons (Fsp3) is 0.364. The van der Waals surface area contributed by atoms with Crippen molar-refractivity contribution in [1.82, 2.24) is 15.2 Å². The first kappa shape index (κ1) is 18.9. The minimum absolute atomic E-state index is 0.0198. The van der Waals surface area contributed by atoms with Crippen LogP contribution in [0.3, 0.4) is 0 Å². The number of rotatable bonds is 7. The summed E-state index contributed by atoms with van der Waals surface area (Å²) in [4.78, 5) is 19.3. The average Bonchev–Trinajstić information content (AvgIpc) is 3.44. The number of nitrogens with one attached hydrogen (secondary N) is 1. The Hall–Kier alpha value is -2.44. The molecule has 3 aromatic rings. The second kappa shape index (κ2) is 8.71. The molecule has 1 saturated heterocycles. The number of likely N-dealkylation sites (tertiary alicyclic amines) is 1. The summed E-state index contributed by atoms with van der Waals surface area (Å²) < 4.78 is 5.59. The molecular formula is C22H25N3O2S. The normalized spacial score (nSPS) is 14.5. The lowest BCUT2D eigenvalue weighted by Crippen LogP contribution is -2.24. The summed E-state index contributed by atoms with van der Waals surface area (Å²) in [5.41, 5.74) is 3.22. The Balaban J connectivity index is 1.25. The van der Waals surface area contributed by atoms with E-state index in [1.165, 1.54) is 42.8 Å². The molecule has 0 bridgehead atoms. The fourth-order valence-electron chi connectivity index (χ4n) is 3.44. The molecular weight excluding hydrogens is 370 g/mol. The third-order valence-corrected chi connectivity index (χ3v) is 5.87. The van der Waals surface area contributed by atoms with E-state index in [2.05, 4.69) is 39.5 Å². The van der Waals surface area contributed by atoms with Crippen LogP contribution in [0.25, 0.3) is 10.8 Å². The summed E-state index contributed by atoms with van der Waals surface area (Å²) in [7, 11) is 0. The van der Waals surface area contributed by atoms with Crippen molar-refractivity contribution < 1.29 is 9.21 Å². The van der Waals surface area contributed by atoms with E-state index < -0.39 is 0 Å². The molecule has 0 aliphatic carbocycles. The Morgan fingerprint density at radius 2 is 1.89 bits per heavy atom. The van der Waals surface area contributed by atoms with Gasteiger partial charge < -0.3 is 9.73 Å². The van der Waals surface area contributed by atoms with Gasteiger partial charge in [0.05, 0.1) is 12.1 Å². The second-order valence-electron chi connectivity index (χ2n) is 7.31. The van der Waals surface area contributed by atoms with Crippen LogP contribution in [0.1, 0.15) is 35.4 Å². The van der Waals surface area contributed by atoms with E-state index in [0.717, 1.165) is 34.3 Å². The molecule has 28 heavy (non-hydrogen) atoms. The Morgan fingerprint density at radius 3 is 2.61 bits per heavy atom. The van der Waals surface area contributed by atoms with E-state index >= 15 is 0 Å². The van der Waals surface area contributed by atoms with Gasteiger partial charge in [-0.1, -0.05) is 24.3 Å². The third kappa shape index (κ3) is 4.88. The van der Waals surface area contributed by atoms with E-state index in [4.69, 9.17) is 4.42 Å². The van der Waals surface area contributed by atoms with Crippen LogP contribution in [0.4, 0.5) is 0 Å². The number of furan rings is 1. The molecule has 0 saturated carbocycles. The molecule has 0 spiro atoms. The molecule has 1 N–H and O–H groups in total. The molecule has 3 heterocycles. The first-order chi connectivity index (χ1) is 13.7. The van der Waals surface area contributed by atoms with E-state index in [0.29, 0.717) is 6.54 Å². The van der Waals surface area contributed by atoms with Gasteiger partial charge in [-0.2, -0.15) is 0 Å². The minimum atomic E-state index is -0.0198. The number of carbonyl (C=O) groups excluding carboxylic acids is 1. The van der Waals surface area contributed by atoms with E-state index in [-0.39, 0.29) is 12.3 Å². The minimum Gasteiger partial charge on any atom is -0.459 e.